The summed E-state index contributed by atoms with van der Waals surface area (Å²) in [6, 6.07) is 11.1. The Labute approximate surface area is 112 Å². The summed E-state index contributed by atoms with van der Waals surface area (Å²) in [7, 11) is 0. The van der Waals surface area contributed by atoms with E-state index < -0.39 is 0 Å². The van der Waals surface area contributed by atoms with Crippen LogP contribution in [0.3, 0.4) is 0 Å². The molecule has 0 spiro atoms. The number of piperidine rings is 1. The Morgan fingerprint density at radius 1 is 1.00 bits per heavy atom. The maximum Gasteiger partial charge on any atom is 0.258 e. The van der Waals surface area contributed by atoms with Crippen LogP contribution in [0.1, 0.15) is 29.6 Å². The lowest BCUT2D eigenvalue weighted by atomic mass is 10.0. The van der Waals surface area contributed by atoms with Crippen LogP contribution in [0.15, 0.2) is 36.4 Å². The van der Waals surface area contributed by atoms with Crippen molar-refractivity contribution in [3.05, 3.63) is 42.0 Å². The van der Waals surface area contributed by atoms with Gasteiger partial charge >= 0.3 is 0 Å². The molecule has 0 atom stereocenters. The van der Waals surface area contributed by atoms with Crippen molar-refractivity contribution in [3.8, 4) is 5.75 Å². The molecule has 3 heteroatoms. The van der Waals surface area contributed by atoms with Crippen molar-refractivity contribution in [1.82, 2.24) is 4.90 Å². The summed E-state index contributed by atoms with van der Waals surface area (Å²) in [5, 5.41) is 11.9. The van der Waals surface area contributed by atoms with E-state index in [0.29, 0.717) is 5.56 Å². The zero-order valence-corrected chi connectivity index (χ0v) is 10.8. The highest BCUT2D eigenvalue weighted by molar-refractivity contribution is 6.09. The Morgan fingerprint density at radius 3 is 2.53 bits per heavy atom. The lowest BCUT2D eigenvalue weighted by molar-refractivity contribution is 0.0723. The largest absolute Gasteiger partial charge is 0.507 e. The van der Waals surface area contributed by atoms with Gasteiger partial charge in [0, 0.05) is 13.1 Å². The standard InChI is InChI=1S/C16H17NO2/c18-14-9-8-12-6-2-3-7-13(12)15(14)16(19)17-10-4-1-5-11-17/h2-3,6-9,18H,1,4-5,10-11H2. The summed E-state index contributed by atoms with van der Waals surface area (Å²) in [6.07, 6.45) is 3.29. The molecular formula is C16H17NO2. The number of phenolic OH excluding ortho intramolecular Hbond substituents is 1. The third-order valence-corrected chi connectivity index (χ3v) is 3.76. The van der Waals surface area contributed by atoms with Crippen LogP contribution in [0.4, 0.5) is 0 Å². The summed E-state index contributed by atoms with van der Waals surface area (Å²) in [5.74, 6) is 0.0308. The predicted molar refractivity (Wildman–Crippen MR) is 75.4 cm³/mol. The number of carbonyl (C=O) groups is 1. The second-order valence-corrected chi connectivity index (χ2v) is 5.03. The average Bonchev–Trinajstić information content (AvgIpc) is 2.47. The topological polar surface area (TPSA) is 40.5 Å². The molecule has 3 rings (SSSR count). The van der Waals surface area contributed by atoms with Crippen LogP contribution in [0.25, 0.3) is 10.8 Å². The minimum absolute atomic E-state index is 0.0472. The fraction of sp³-hybridized carbons (Fsp3) is 0.312. The molecule has 0 aromatic heterocycles. The first kappa shape index (κ1) is 12.0. The van der Waals surface area contributed by atoms with Crippen LogP contribution in [0.5, 0.6) is 5.75 Å². The first-order valence-electron chi connectivity index (χ1n) is 6.77. The molecule has 1 heterocycles. The average molecular weight is 255 g/mol. The van der Waals surface area contributed by atoms with Gasteiger partial charge in [0.2, 0.25) is 0 Å². The number of benzene rings is 2. The summed E-state index contributed by atoms with van der Waals surface area (Å²) in [5.41, 5.74) is 0.444. The maximum absolute atomic E-state index is 12.6. The highest BCUT2D eigenvalue weighted by atomic mass is 16.3. The number of hydrogen-bond acceptors (Lipinski definition) is 2. The van der Waals surface area contributed by atoms with E-state index in [4.69, 9.17) is 0 Å². The van der Waals surface area contributed by atoms with Gasteiger partial charge < -0.3 is 10.0 Å². The molecule has 2 aromatic rings. The number of fused-ring (bicyclic) bond motifs is 1. The normalized spacial score (nSPS) is 15.7. The molecular weight excluding hydrogens is 238 g/mol. The van der Waals surface area contributed by atoms with Gasteiger partial charge in [-0.05, 0) is 36.1 Å². The van der Waals surface area contributed by atoms with Crippen molar-refractivity contribution in [2.75, 3.05) is 13.1 Å². The van der Waals surface area contributed by atoms with Crippen LogP contribution in [0.2, 0.25) is 0 Å². The van der Waals surface area contributed by atoms with Gasteiger partial charge in [0.25, 0.3) is 5.91 Å². The van der Waals surface area contributed by atoms with Crippen molar-refractivity contribution in [2.45, 2.75) is 19.3 Å². The SMILES string of the molecule is O=C(c1c(O)ccc2ccccc12)N1CCCCC1. The number of aromatic hydroxyl groups is 1. The number of amides is 1. The summed E-state index contributed by atoms with van der Waals surface area (Å²) < 4.78 is 0. The van der Waals surface area contributed by atoms with E-state index >= 15 is 0 Å². The van der Waals surface area contributed by atoms with E-state index in [9.17, 15) is 9.90 Å². The fourth-order valence-corrected chi connectivity index (χ4v) is 2.74. The van der Waals surface area contributed by atoms with Gasteiger partial charge in [0.05, 0.1) is 5.56 Å². The number of nitrogens with zero attached hydrogens (tertiary/aromatic N) is 1. The molecule has 1 aliphatic rings. The van der Waals surface area contributed by atoms with Crippen molar-refractivity contribution in [3.63, 3.8) is 0 Å². The van der Waals surface area contributed by atoms with Gasteiger partial charge in [-0.3, -0.25) is 4.79 Å². The van der Waals surface area contributed by atoms with Gasteiger partial charge in [-0.15, -0.1) is 0 Å². The molecule has 3 nitrogen and oxygen atoms in total. The third-order valence-electron chi connectivity index (χ3n) is 3.76. The number of phenols is 1. The zero-order valence-electron chi connectivity index (χ0n) is 10.8. The van der Waals surface area contributed by atoms with Gasteiger partial charge in [-0.1, -0.05) is 30.3 Å². The van der Waals surface area contributed by atoms with Gasteiger partial charge in [-0.25, -0.2) is 0 Å². The van der Waals surface area contributed by atoms with Gasteiger partial charge in [0.1, 0.15) is 5.75 Å². The number of hydrogen-bond donors (Lipinski definition) is 1. The monoisotopic (exact) mass is 255 g/mol. The van der Waals surface area contributed by atoms with Crippen molar-refractivity contribution in [1.29, 1.82) is 0 Å². The molecule has 0 aliphatic carbocycles. The lowest BCUT2D eigenvalue weighted by Crippen LogP contribution is -2.35. The smallest absolute Gasteiger partial charge is 0.258 e. The Balaban J connectivity index is 2.08. The molecule has 0 saturated carbocycles. The van der Waals surface area contributed by atoms with Crippen LogP contribution in [-0.2, 0) is 0 Å². The molecule has 1 amide bonds. The first-order valence-corrected chi connectivity index (χ1v) is 6.77. The van der Waals surface area contributed by atoms with Gasteiger partial charge in [-0.2, -0.15) is 0 Å². The molecule has 0 bridgehead atoms. The number of carbonyl (C=O) groups excluding carboxylic acids is 1. The van der Waals surface area contributed by atoms with E-state index in [0.717, 1.165) is 36.7 Å². The van der Waals surface area contributed by atoms with Crippen LogP contribution in [0, 0.1) is 0 Å². The van der Waals surface area contributed by atoms with Crippen molar-refractivity contribution in [2.24, 2.45) is 0 Å². The number of rotatable bonds is 1. The molecule has 98 valence electrons. The van der Waals surface area contributed by atoms with Crippen molar-refractivity contribution >= 4 is 16.7 Å². The quantitative estimate of drug-likeness (QED) is 0.850. The van der Waals surface area contributed by atoms with E-state index in [1.54, 1.807) is 6.07 Å². The van der Waals surface area contributed by atoms with E-state index in [1.165, 1.54) is 6.42 Å². The van der Waals surface area contributed by atoms with Crippen molar-refractivity contribution < 1.29 is 9.90 Å². The van der Waals surface area contributed by atoms with Crippen LogP contribution < -0.4 is 0 Å². The molecule has 1 aliphatic heterocycles. The van der Waals surface area contributed by atoms with Gasteiger partial charge in [0.15, 0.2) is 0 Å². The second-order valence-electron chi connectivity index (χ2n) is 5.03. The Kier molecular flexibility index (Phi) is 3.11. The summed E-state index contributed by atoms with van der Waals surface area (Å²) in [4.78, 5) is 14.5. The van der Waals surface area contributed by atoms with E-state index in [2.05, 4.69) is 0 Å². The molecule has 1 N–H and O–H groups in total. The molecule has 0 unspecified atom stereocenters. The van der Waals surface area contributed by atoms with Crippen LogP contribution >= 0.6 is 0 Å². The first-order chi connectivity index (χ1) is 9.27. The second kappa shape index (κ2) is 4.92. The lowest BCUT2D eigenvalue weighted by Gasteiger charge is -2.27. The minimum atomic E-state index is -0.0472. The Bertz CT molecular complexity index is 615. The number of likely N-dealkylation sites (tertiary alicyclic amines) is 1. The highest BCUT2D eigenvalue weighted by Gasteiger charge is 2.22. The molecule has 1 saturated heterocycles. The highest BCUT2D eigenvalue weighted by Crippen LogP contribution is 2.29. The minimum Gasteiger partial charge on any atom is -0.507 e. The van der Waals surface area contributed by atoms with E-state index in [1.807, 2.05) is 35.2 Å². The third kappa shape index (κ3) is 2.16. The maximum atomic E-state index is 12.6. The molecule has 19 heavy (non-hydrogen) atoms. The van der Waals surface area contributed by atoms with Crippen LogP contribution in [-0.4, -0.2) is 29.0 Å². The van der Waals surface area contributed by atoms with E-state index in [-0.39, 0.29) is 11.7 Å². The zero-order chi connectivity index (χ0) is 13.2. The summed E-state index contributed by atoms with van der Waals surface area (Å²) in [6.45, 7) is 1.59. The predicted octanol–water partition coefficient (Wildman–Crippen LogP) is 3.17. The summed E-state index contributed by atoms with van der Waals surface area (Å²) >= 11 is 0. The Morgan fingerprint density at radius 2 is 1.74 bits per heavy atom. The molecule has 1 fully saturated rings. The molecule has 0 radical (unpaired) electrons. The molecule has 2 aromatic carbocycles. The Hall–Kier alpha value is -2.03. The fourth-order valence-electron chi connectivity index (χ4n) is 2.74.